The maximum atomic E-state index is 12.8. The average molecular weight is 309 g/mol. The fourth-order valence-corrected chi connectivity index (χ4v) is 3.60. The topological polar surface area (TPSA) is 62.3 Å². The number of carbonyl (C=O) groups excluding carboxylic acids is 2. The molecular weight excluding hydrogens is 286 g/mol. The lowest BCUT2D eigenvalue weighted by atomic mass is 9.85. The van der Waals surface area contributed by atoms with Gasteiger partial charge < -0.3 is 10.2 Å². The molecule has 0 aliphatic carbocycles. The van der Waals surface area contributed by atoms with Crippen LogP contribution in [0.5, 0.6) is 0 Å². The third-order valence-corrected chi connectivity index (χ3v) is 5.12. The average Bonchev–Trinajstić information content (AvgIpc) is 2.98. The van der Waals surface area contributed by atoms with Crippen molar-refractivity contribution >= 4 is 23.2 Å². The highest BCUT2D eigenvalue weighted by Gasteiger charge is 2.49. The molecule has 6 heteroatoms. The van der Waals surface area contributed by atoms with Gasteiger partial charge in [0, 0.05) is 11.1 Å². The summed E-state index contributed by atoms with van der Waals surface area (Å²) in [6, 6.07) is -0.387. The molecule has 1 unspecified atom stereocenters. The molecule has 0 spiro atoms. The first-order chi connectivity index (χ1) is 10.1. The molecule has 1 saturated heterocycles. The zero-order valence-electron chi connectivity index (χ0n) is 12.9. The summed E-state index contributed by atoms with van der Waals surface area (Å²) in [4.78, 5) is 32.3. The van der Waals surface area contributed by atoms with E-state index >= 15 is 0 Å². The minimum Gasteiger partial charge on any atom is -0.342 e. The van der Waals surface area contributed by atoms with Crippen LogP contribution in [0.1, 0.15) is 51.3 Å². The number of rotatable bonds is 6. The van der Waals surface area contributed by atoms with Crippen LogP contribution >= 0.6 is 11.3 Å². The summed E-state index contributed by atoms with van der Waals surface area (Å²) in [5.74, 6) is 0.0172. The minimum absolute atomic E-state index is 0.0185. The van der Waals surface area contributed by atoms with E-state index in [1.54, 1.807) is 16.6 Å². The molecule has 1 N–H and O–H groups in total. The van der Waals surface area contributed by atoms with Gasteiger partial charge in [-0.15, -0.1) is 11.3 Å². The second-order valence-electron chi connectivity index (χ2n) is 5.45. The van der Waals surface area contributed by atoms with Crippen molar-refractivity contribution in [1.29, 1.82) is 0 Å². The second kappa shape index (κ2) is 6.56. The highest BCUT2D eigenvalue weighted by molar-refractivity contribution is 7.09. The zero-order chi connectivity index (χ0) is 15.5. The molecule has 1 aromatic heterocycles. The van der Waals surface area contributed by atoms with E-state index in [-0.39, 0.29) is 17.9 Å². The van der Waals surface area contributed by atoms with Crippen LogP contribution in [0.3, 0.4) is 0 Å². The molecule has 116 valence electrons. The van der Waals surface area contributed by atoms with Gasteiger partial charge in [0.25, 0.3) is 0 Å². The number of hydrogen-bond acceptors (Lipinski definition) is 4. The van der Waals surface area contributed by atoms with Crippen molar-refractivity contribution in [2.75, 3.05) is 0 Å². The molecule has 0 bridgehead atoms. The Morgan fingerprint density at radius 3 is 2.57 bits per heavy atom. The summed E-state index contributed by atoms with van der Waals surface area (Å²) in [5, 5.41) is 2.93. The SMILES string of the molecule is CCCC1NC(=O)C(CC)(CC)N(Cc2cncs2)C1=O. The van der Waals surface area contributed by atoms with Gasteiger partial charge in [-0.2, -0.15) is 0 Å². The summed E-state index contributed by atoms with van der Waals surface area (Å²) >= 11 is 1.52. The third kappa shape index (κ3) is 2.81. The molecule has 2 rings (SSSR count). The first kappa shape index (κ1) is 15.9. The normalized spacial score (nSPS) is 21.5. The molecule has 1 aliphatic heterocycles. The van der Waals surface area contributed by atoms with Crippen molar-refractivity contribution in [2.45, 2.75) is 64.6 Å². The molecule has 2 amide bonds. The molecule has 0 saturated carbocycles. The van der Waals surface area contributed by atoms with Crippen molar-refractivity contribution in [3.8, 4) is 0 Å². The summed E-state index contributed by atoms with van der Waals surface area (Å²) in [6.45, 7) is 6.43. The molecule has 0 aromatic carbocycles. The molecule has 2 heterocycles. The van der Waals surface area contributed by atoms with Crippen LogP contribution < -0.4 is 5.32 Å². The number of aromatic nitrogens is 1. The van der Waals surface area contributed by atoms with Crippen LogP contribution in [-0.2, 0) is 16.1 Å². The van der Waals surface area contributed by atoms with Gasteiger partial charge >= 0.3 is 0 Å². The van der Waals surface area contributed by atoms with E-state index in [1.165, 1.54) is 11.3 Å². The highest BCUT2D eigenvalue weighted by atomic mass is 32.1. The lowest BCUT2D eigenvalue weighted by Gasteiger charge is -2.47. The molecule has 1 atom stereocenters. The van der Waals surface area contributed by atoms with Crippen LogP contribution in [0.4, 0.5) is 0 Å². The lowest BCUT2D eigenvalue weighted by Crippen LogP contribution is -2.69. The molecule has 21 heavy (non-hydrogen) atoms. The number of carbonyl (C=O) groups is 2. The van der Waals surface area contributed by atoms with Gasteiger partial charge in [-0.05, 0) is 19.3 Å². The number of nitrogens with one attached hydrogen (secondary N) is 1. The number of amides is 2. The maximum Gasteiger partial charge on any atom is 0.246 e. The van der Waals surface area contributed by atoms with E-state index in [2.05, 4.69) is 10.3 Å². The Balaban J connectivity index is 2.34. The second-order valence-corrected chi connectivity index (χ2v) is 6.42. The first-order valence-electron chi connectivity index (χ1n) is 7.58. The van der Waals surface area contributed by atoms with Crippen molar-refractivity contribution in [3.05, 3.63) is 16.6 Å². The third-order valence-electron chi connectivity index (χ3n) is 4.35. The van der Waals surface area contributed by atoms with Gasteiger partial charge in [-0.1, -0.05) is 27.2 Å². The van der Waals surface area contributed by atoms with Crippen molar-refractivity contribution < 1.29 is 9.59 Å². The molecule has 1 fully saturated rings. The van der Waals surface area contributed by atoms with Crippen LogP contribution in [0, 0.1) is 0 Å². The van der Waals surface area contributed by atoms with Crippen LogP contribution in [0.25, 0.3) is 0 Å². The summed E-state index contributed by atoms with van der Waals surface area (Å²) in [6.07, 6.45) is 4.58. The zero-order valence-corrected chi connectivity index (χ0v) is 13.7. The Hall–Kier alpha value is -1.43. The predicted octanol–water partition coefficient (Wildman–Crippen LogP) is 2.33. The number of thiazole rings is 1. The number of piperazine rings is 1. The summed E-state index contributed by atoms with van der Waals surface area (Å²) in [7, 11) is 0. The van der Waals surface area contributed by atoms with Gasteiger partial charge in [0.15, 0.2) is 0 Å². The standard InChI is InChI=1S/C15H23N3O2S/c1-4-7-12-13(19)18(9-11-8-16-10-21-11)15(5-2,6-3)14(20)17-12/h8,10,12H,4-7,9H2,1-3H3,(H,17,20). The molecular formula is C15H23N3O2S. The quantitative estimate of drug-likeness (QED) is 0.877. The van der Waals surface area contributed by atoms with Gasteiger partial charge in [-0.3, -0.25) is 14.6 Å². The monoisotopic (exact) mass is 309 g/mol. The summed E-state index contributed by atoms with van der Waals surface area (Å²) < 4.78 is 0. The van der Waals surface area contributed by atoms with Crippen molar-refractivity contribution in [1.82, 2.24) is 15.2 Å². The Bertz CT molecular complexity index is 497. The molecule has 0 radical (unpaired) electrons. The Morgan fingerprint density at radius 2 is 2.05 bits per heavy atom. The Labute approximate surface area is 129 Å². The van der Waals surface area contributed by atoms with E-state index in [0.717, 1.165) is 11.3 Å². The maximum absolute atomic E-state index is 12.8. The highest BCUT2D eigenvalue weighted by Crippen LogP contribution is 2.31. The smallest absolute Gasteiger partial charge is 0.246 e. The Morgan fingerprint density at radius 1 is 1.33 bits per heavy atom. The number of hydrogen-bond donors (Lipinski definition) is 1. The van der Waals surface area contributed by atoms with Crippen LogP contribution in [0.15, 0.2) is 11.7 Å². The van der Waals surface area contributed by atoms with Gasteiger partial charge in [-0.25, -0.2) is 0 Å². The first-order valence-corrected chi connectivity index (χ1v) is 8.46. The van der Waals surface area contributed by atoms with Crippen LogP contribution in [-0.4, -0.2) is 33.3 Å². The van der Waals surface area contributed by atoms with E-state index in [1.807, 2.05) is 20.8 Å². The number of nitrogens with zero attached hydrogens (tertiary/aromatic N) is 2. The van der Waals surface area contributed by atoms with Crippen molar-refractivity contribution in [3.63, 3.8) is 0 Å². The predicted molar refractivity (Wildman–Crippen MR) is 82.8 cm³/mol. The van der Waals surface area contributed by atoms with Gasteiger partial charge in [0.1, 0.15) is 11.6 Å². The van der Waals surface area contributed by atoms with Gasteiger partial charge in [0.05, 0.1) is 12.1 Å². The largest absolute Gasteiger partial charge is 0.342 e. The Kier molecular flexibility index (Phi) is 4.98. The van der Waals surface area contributed by atoms with E-state index < -0.39 is 5.54 Å². The fourth-order valence-electron chi connectivity index (χ4n) is 3.02. The van der Waals surface area contributed by atoms with E-state index in [0.29, 0.717) is 25.8 Å². The fraction of sp³-hybridized carbons (Fsp3) is 0.667. The molecule has 5 nitrogen and oxygen atoms in total. The minimum atomic E-state index is -0.731. The molecule has 1 aliphatic rings. The summed E-state index contributed by atoms with van der Waals surface area (Å²) in [5.41, 5.74) is 1.03. The molecule has 1 aromatic rings. The lowest BCUT2D eigenvalue weighted by molar-refractivity contribution is -0.159. The van der Waals surface area contributed by atoms with Crippen LogP contribution in [0.2, 0.25) is 0 Å². The van der Waals surface area contributed by atoms with Gasteiger partial charge in [0.2, 0.25) is 11.8 Å². The van der Waals surface area contributed by atoms with E-state index in [9.17, 15) is 9.59 Å². The van der Waals surface area contributed by atoms with Crippen molar-refractivity contribution in [2.24, 2.45) is 0 Å². The van der Waals surface area contributed by atoms with E-state index in [4.69, 9.17) is 0 Å².